The number of carbonyl (C=O) groups is 1. The van der Waals surface area contributed by atoms with Crippen LogP contribution in [0.4, 0.5) is 0 Å². The van der Waals surface area contributed by atoms with E-state index in [0.29, 0.717) is 13.0 Å². The Kier molecular flexibility index (Phi) is 7.86. The lowest BCUT2D eigenvalue weighted by atomic mass is 9.97. The van der Waals surface area contributed by atoms with E-state index in [9.17, 15) is 14.5 Å². The minimum absolute atomic E-state index is 0.114. The second-order valence-electron chi connectivity index (χ2n) is 5.80. The number of aliphatic hydroxyl groups excluding tert-OH is 1. The van der Waals surface area contributed by atoms with E-state index in [0.717, 1.165) is 12.0 Å². The molecule has 0 aliphatic heterocycles. The van der Waals surface area contributed by atoms with Gasteiger partial charge in [-0.25, -0.2) is 0 Å². The van der Waals surface area contributed by atoms with E-state index < -0.39 is 26.5 Å². The van der Waals surface area contributed by atoms with Crippen LogP contribution in [0.1, 0.15) is 18.4 Å². The van der Waals surface area contributed by atoms with Crippen molar-refractivity contribution in [1.29, 1.82) is 0 Å². The van der Waals surface area contributed by atoms with Crippen molar-refractivity contribution < 1.29 is 24.1 Å². The number of hydrogen-bond acceptors (Lipinski definition) is 4. The van der Waals surface area contributed by atoms with Crippen molar-refractivity contribution >= 4 is 14.0 Å². The second kappa shape index (κ2) is 10.1. The molecule has 0 aliphatic rings. The molecule has 0 spiro atoms. The molecule has 2 aromatic rings. The minimum atomic E-state index is -2.41. The third kappa shape index (κ3) is 6.83. The first kappa shape index (κ1) is 19.4. The van der Waals surface area contributed by atoms with E-state index in [4.69, 9.17) is 9.63 Å². The summed E-state index contributed by atoms with van der Waals surface area (Å²) in [6.45, 7) is 0.320. The average Bonchev–Trinajstić information content (AvgIpc) is 2.59. The molecule has 2 atom stereocenters. The molecule has 0 aliphatic carbocycles. The Morgan fingerprint density at radius 2 is 1.76 bits per heavy atom. The lowest BCUT2D eigenvalue weighted by molar-refractivity contribution is -0.138. The molecule has 1 unspecified atom stereocenters. The summed E-state index contributed by atoms with van der Waals surface area (Å²) in [7, 11) is -2.41. The zero-order chi connectivity index (χ0) is 18.1. The number of aliphatic hydroxyl groups is 1. The Morgan fingerprint density at radius 3 is 2.48 bits per heavy atom. The van der Waals surface area contributed by atoms with Crippen molar-refractivity contribution in [3.63, 3.8) is 0 Å². The zero-order valence-corrected chi connectivity index (χ0v) is 14.9. The Bertz CT molecular complexity index is 702. The third-order valence-corrected chi connectivity index (χ3v) is 5.10. The van der Waals surface area contributed by atoms with Crippen molar-refractivity contribution in [2.24, 2.45) is 0 Å². The highest BCUT2D eigenvalue weighted by Crippen LogP contribution is 2.26. The van der Waals surface area contributed by atoms with E-state index in [1.165, 1.54) is 11.1 Å². The normalized spacial score (nSPS) is 13.3. The van der Waals surface area contributed by atoms with Gasteiger partial charge in [-0.15, -0.1) is 0 Å². The molecule has 6 heteroatoms. The second-order valence-corrected chi connectivity index (χ2v) is 7.24. The van der Waals surface area contributed by atoms with Crippen LogP contribution < -0.4 is 0 Å². The number of carboxylic acid groups (broad SMARTS) is 1. The van der Waals surface area contributed by atoms with Crippen molar-refractivity contribution in [2.75, 3.05) is 12.8 Å². The quantitative estimate of drug-likeness (QED) is 0.498. The zero-order valence-electron chi connectivity index (χ0n) is 13.9. The van der Waals surface area contributed by atoms with Crippen LogP contribution in [0.3, 0.4) is 0 Å². The summed E-state index contributed by atoms with van der Waals surface area (Å²) in [6, 6.07) is 18.3. The van der Waals surface area contributed by atoms with Crippen LogP contribution in [0.15, 0.2) is 54.6 Å². The number of rotatable bonds is 10. The molecule has 0 saturated heterocycles. The average molecular weight is 362 g/mol. The molecule has 2 aromatic carbocycles. The van der Waals surface area contributed by atoms with Crippen molar-refractivity contribution in [1.82, 2.24) is 0 Å². The van der Waals surface area contributed by atoms with Crippen LogP contribution in [0.5, 0.6) is 0 Å². The molecule has 0 radical (unpaired) electrons. The summed E-state index contributed by atoms with van der Waals surface area (Å²) < 4.78 is 17.0. The lowest BCUT2D eigenvalue weighted by Crippen LogP contribution is -2.15. The van der Waals surface area contributed by atoms with Crippen LogP contribution in [-0.2, 0) is 20.3 Å². The van der Waals surface area contributed by atoms with Crippen LogP contribution in [0.25, 0.3) is 11.1 Å². The molecule has 5 nitrogen and oxygen atoms in total. The van der Waals surface area contributed by atoms with Gasteiger partial charge >= 0.3 is 5.97 Å². The fourth-order valence-corrected chi connectivity index (χ4v) is 3.63. The molecule has 0 aromatic heterocycles. The first-order valence-electron chi connectivity index (χ1n) is 8.25. The van der Waals surface area contributed by atoms with Gasteiger partial charge in [-0.05, 0) is 29.5 Å². The van der Waals surface area contributed by atoms with Gasteiger partial charge in [0.25, 0.3) is 0 Å². The van der Waals surface area contributed by atoms with Crippen LogP contribution in [-0.4, -0.2) is 35.1 Å². The van der Waals surface area contributed by atoms with Gasteiger partial charge in [-0.1, -0.05) is 54.6 Å². The maximum absolute atomic E-state index is 11.7. The summed E-state index contributed by atoms with van der Waals surface area (Å²) in [5.41, 5.74) is 3.53. The third-order valence-electron chi connectivity index (χ3n) is 3.77. The molecule has 0 bridgehead atoms. The Morgan fingerprint density at radius 1 is 1.08 bits per heavy atom. The maximum atomic E-state index is 11.7. The Balaban J connectivity index is 1.81. The van der Waals surface area contributed by atoms with E-state index in [-0.39, 0.29) is 6.16 Å². The molecule has 134 valence electrons. The predicted molar refractivity (Wildman–Crippen MR) is 98.3 cm³/mol. The SMILES string of the molecule is O=C(O)C[C@H](O)C[PH](=O)OCCCc1ccccc1-c1ccccc1. The largest absolute Gasteiger partial charge is 0.481 e. The summed E-state index contributed by atoms with van der Waals surface area (Å²) >= 11 is 0. The molecule has 0 fully saturated rings. The van der Waals surface area contributed by atoms with Gasteiger partial charge in [-0.3, -0.25) is 9.36 Å². The fourth-order valence-electron chi connectivity index (χ4n) is 2.61. The van der Waals surface area contributed by atoms with Gasteiger partial charge in [0.1, 0.15) is 0 Å². The van der Waals surface area contributed by atoms with Gasteiger partial charge in [0.15, 0.2) is 8.03 Å². The van der Waals surface area contributed by atoms with Crippen LogP contribution in [0.2, 0.25) is 0 Å². The number of aliphatic carboxylic acids is 1. The molecular formula is C19H23O5P. The summed E-state index contributed by atoms with van der Waals surface area (Å²) in [4.78, 5) is 10.5. The van der Waals surface area contributed by atoms with Crippen LogP contribution in [0, 0.1) is 0 Å². The van der Waals surface area contributed by atoms with Gasteiger partial charge in [-0.2, -0.15) is 0 Å². The Labute approximate surface area is 148 Å². The van der Waals surface area contributed by atoms with Gasteiger partial charge in [0.2, 0.25) is 0 Å². The highest BCUT2D eigenvalue weighted by atomic mass is 31.1. The number of aryl methyl sites for hydroxylation is 1. The van der Waals surface area contributed by atoms with E-state index >= 15 is 0 Å². The maximum Gasteiger partial charge on any atom is 0.305 e. The molecule has 0 heterocycles. The number of hydrogen-bond donors (Lipinski definition) is 2. The highest BCUT2D eigenvalue weighted by Gasteiger charge is 2.13. The molecule has 25 heavy (non-hydrogen) atoms. The Hall–Kier alpha value is -1.94. The monoisotopic (exact) mass is 362 g/mol. The van der Waals surface area contributed by atoms with Crippen molar-refractivity contribution in [3.05, 3.63) is 60.2 Å². The number of benzene rings is 2. The minimum Gasteiger partial charge on any atom is -0.481 e. The molecule has 2 N–H and O–H groups in total. The summed E-state index contributed by atoms with van der Waals surface area (Å²) in [5.74, 6) is -1.11. The topological polar surface area (TPSA) is 83.8 Å². The van der Waals surface area contributed by atoms with Crippen molar-refractivity contribution in [2.45, 2.75) is 25.4 Å². The van der Waals surface area contributed by atoms with Gasteiger partial charge in [0.05, 0.1) is 19.1 Å². The lowest BCUT2D eigenvalue weighted by Gasteiger charge is -2.11. The first-order chi connectivity index (χ1) is 12.1. The summed E-state index contributed by atoms with van der Waals surface area (Å²) in [6.07, 6.45) is -0.155. The molecule has 2 rings (SSSR count). The standard InChI is InChI=1S/C19H23O5P/c20-17(13-19(21)22)14-25(23)24-12-6-10-16-9-4-5-11-18(16)15-7-2-1-3-8-15/h1-5,7-9,11,17,20,25H,6,10,12-14H2,(H,21,22)/t17-/m0/s1. The van der Waals surface area contributed by atoms with E-state index in [2.05, 4.69) is 24.3 Å². The fraction of sp³-hybridized carbons (Fsp3) is 0.316. The van der Waals surface area contributed by atoms with E-state index in [1.807, 2.05) is 30.3 Å². The molecule has 0 amide bonds. The summed E-state index contributed by atoms with van der Waals surface area (Å²) in [5, 5.41) is 18.0. The molecular weight excluding hydrogens is 339 g/mol. The van der Waals surface area contributed by atoms with E-state index in [1.54, 1.807) is 0 Å². The number of carboxylic acids is 1. The van der Waals surface area contributed by atoms with Gasteiger partial charge in [0, 0.05) is 6.16 Å². The smallest absolute Gasteiger partial charge is 0.305 e. The van der Waals surface area contributed by atoms with Gasteiger partial charge < -0.3 is 14.7 Å². The van der Waals surface area contributed by atoms with Crippen LogP contribution >= 0.6 is 8.03 Å². The highest BCUT2D eigenvalue weighted by molar-refractivity contribution is 7.39. The first-order valence-corrected chi connectivity index (χ1v) is 9.77. The molecule has 0 saturated carbocycles. The predicted octanol–water partition coefficient (Wildman–Crippen LogP) is 3.61. The van der Waals surface area contributed by atoms with Crippen molar-refractivity contribution in [3.8, 4) is 11.1 Å².